The van der Waals surface area contributed by atoms with E-state index in [0.717, 1.165) is 23.3 Å². The molecule has 0 amide bonds. The van der Waals surface area contributed by atoms with E-state index in [0.29, 0.717) is 12.2 Å². The van der Waals surface area contributed by atoms with Gasteiger partial charge in [-0.25, -0.2) is 4.79 Å². The van der Waals surface area contributed by atoms with Gasteiger partial charge < -0.3 is 14.2 Å². The lowest BCUT2D eigenvalue weighted by Crippen LogP contribution is -2.38. The molecule has 0 aliphatic heterocycles. The van der Waals surface area contributed by atoms with Gasteiger partial charge >= 0.3 is 12.1 Å². The van der Waals surface area contributed by atoms with Gasteiger partial charge in [0.25, 0.3) is 0 Å². The highest BCUT2D eigenvalue weighted by Crippen LogP contribution is 2.25. The fourth-order valence-corrected chi connectivity index (χ4v) is 3.02. The molecule has 2 aromatic rings. The van der Waals surface area contributed by atoms with Crippen LogP contribution in [0, 0.1) is 0 Å². The minimum atomic E-state index is -5.02. The minimum Gasteiger partial charge on any atom is -0.497 e. The van der Waals surface area contributed by atoms with Gasteiger partial charge in [0, 0.05) is 6.42 Å². The van der Waals surface area contributed by atoms with Gasteiger partial charge in [-0.05, 0) is 63.2 Å². The predicted molar refractivity (Wildman–Crippen MR) is 111 cm³/mol. The third kappa shape index (κ3) is 7.79. The van der Waals surface area contributed by atoms with Crippen molar-refractivity contribution in [3.8, 4) is 11.5 Å². The van der Waals surface area contributed by atoms with Gasteiger partial charge in [-0.2, -0.15) is 13.2 Å². The monoisotopic (exact) mass is 439 g/mol. The molecule has 0 fully saturated rings. The second-order valence-corrected chi connectivity index (χ2v) is 7.44. The maximum absolute atomic E-state index is 12.5. The zero-order valence-electron chi connectivity index (χ0n) is 18.1. The molecule has 0 saturated heterocycles. The molecule has 8 heteroatoms. The Morgan fingerprint density at radius 1 is 1.06 bits per heavy atom. The summed E-state index contributed by atoms with van der Waals surface area (Å²) < 4.78 is 53.2. The van der Waals surface area contributed by atoms with Gasteiger partial charge in [-0.3, -0.25) is 4.90 Å². The number of rotatable bonds is 10. The molecule has 170 valence electrons. The van der Waals surface area contributed by atoms with Crippen molar-refractivity contribution in [2.24, 2.45) is 0 Å². The number of hydrogen-bond donors (Lipinski definition) is 0. The molecule has 31 heavy (non-hydrogen) atoms. The van der Waals surface area contributed by atoms with Crippen LogP contribution in [0.3, 0.4) is 0 Å². The first-order valence-corrected chi connectivity index (χ1v) is 9.92. The lowest BCUT2D eigenvalue weighted by atomic mass is 10.0. The van der Waals surface area contributed by atoms with Gasteiger partial charge in [0.15, 0.2) is 6.23 Å². The summed E-state index contributed by atoms with van der Waals surface area (Å²) in [5.41, 5.74) is 2.09. The van der Waals surface area contributed by atoms with Crippen LogP contribution in [-0.2, 0) is 22.4 Å². The molecule has 2 rings (SSSR count). The van der Waals surface area contributed by atoms with E-state index >= 15 is 0 Å². The number of aryl methyl sites for hydroxylation is 2. The SMILES string of the molecule is COc1cccc(CCc2ccccc2O[C@@H](C[C@@H](C)OC(=O)C(F)(F)F)N(C)C)c1. The number of benzene rings is 2. The number of hydrogen-bond acceptors (Lipinski definition) is 5. The number of esters is 1. The first kappa shape index (κ1) is 24.5. The molecule has 0 bridgehead atoms. The molecule has 0 aliphatic carbocycles. The Morgan fingerprint density at radius 3 is 2.42 bits per heavy atom. The molecule has 0 unspecified atom stereocenters. The number of nitrogens with zero attached hydrogens (tertiary/aromatic N) is 1. The topological polar surface area (TPSA) is 48.0 Å². The van der Waals surface area contributed by atoms with Crippen molar-refractivity contribution < 1.29 is 32.2 Å². The summed E-state index contributed by atoms with van der Waals surface area (Å²) in [7, 11) is 5.13. The number of para-hydroxylation sites is 1. The van der Waals surface area contributed by atoms with Crippen LogP contribution in [-0.4, -0.2) is 50.6 Å². The third-order valence-electron chi connectivity index (χ3n) is 4.70. The molecule has 0 heterocycles. The van der Waals surface area contributed by atoms with E-state index in [1.807, 2.05) is 48.5 Å². The van der Waals surface area contributed by atoms with E-state index in [4.69, 9.17) is 9.47 Å². The molecule has 0 aromatic heterocycles. The average molecular weight is 439 g/mol. The lowest BCUT2D eigenvalue weighted by Gasteiger charge is -2.28. The zero-order valence-corrected chi connectivity index (χ0v) is 18.1. The second-order valence-electron chi connectivity index (χ2n) is 7.44. The quantitative estimate of drug-likeness (QED) is 0.399. The van der Waals surface area contributed by atoms with Crippen LogP contribution in [0.15, 0.2) is 48.5 Å². The van der Waals surface area contributed by atoms with Crippen LogP contribution in [0.1, 0.15) is 24.5 Å². The van der Waals surface area contributed by atoms with Crippen molar-refractivity contribution in [3.63, 3.8) is 0 Å². The molecule has 5 nitrogen and oxygen atoms in total. The molecular formula is C23H28F3NO4. The number of alkyl halides is 3. The largest absolute Gasteiger partial charge is 0.497 e. The molecule has 2 atom stereocenters. The molecule has 0 saturated carbocycles. The van der Waals surface area contributed by atoms with Gasteiger partial charge in [-0.1, -0.05) is 30.3 Å². The number of carbonyl (C=O) groups excluding carboxylic acids is 1. The molecule has 0 radical (unpaired) electrons. The summed E-state index contributed by atoms with van der Waals surface area (Å²) in [5.74, 6) is -0.772. The Kier molecular flexibility index (Phi) is 8.74. The van der Waals surface area contributed by atoms with Gasteiger partial charge in [-0.15, -0.1) is 0 Å². The maximum atomic E-state index is 12.5. The molecule has 0 aliphatic rings. The van der Waals surface area contributed by atoms with Gasteiger partial charge in [0.1, 0.15) is 17.6 Å². The second kappa shape index (κ2) is 11.0. The number of carbonyl (C=O) groups is 1. The first-order valence-electron chi connectivity index (χ1n) is 9.92. The van der Waals surface area contributed by atoms with Crippen molar-refractivity contribution in [1.82, 2.24) is 4.90 Å². The van der Waals surface area contributed by atoms with Crippen molar-refractivity contribution in [2.45, 2.75) is 44.7 Å². The van der Waals surface area contributed by atoms with Crippen LogP contribution in [0.5, 0.6) is 11.5 Å². The van der Waals surface area contributed by atoms with E-state index in [9.17, 15) is 18.0 Å². The first-order chi connectivity index (χ1) is 14.6. The lowest BCUT2D eigenvalue weighted by molar-refractivity contribution is -0.205. The Labute approximate surface area is 180 Å². The Balaban J connectivity index is 2.06. The standard InChI is InChI=1S/C23H28F3NO4/c1-16(30-22(28)23(24,25)26)14-21(27(2)3)31-20-11-6-5-9-18(20)13-12-17-8-7-10-19(15-17)29-4/h5-11,15-16,21H,12-14H2,1-4H3/t16-,21+/m1/s1. The van der Waals surface area contributed by atoms with Gasteiger partial charge in [0.2, 0.25) is 0 Å². The summed E-state index contributed by atoms with van der Waals surface area (Å²) >= 11 is 0. The van der Waals surface area contributed by atoms with Crippen LogP contribution in [0.25, 0.3) is 0 Å². The summed E-state index contributed by atoms with van der Waals surface area (Å²) in [6.07, 6.45) is -5.00. The molecule has 2 aromatic carbocycles. The third-order valence-corrected chi connectivity index (χ3v) is 4.70. The highest BCUT2D eigenvalue weighted by molar-refractivity contribution is 5.75. The Morgan fingerprint density at radius 2 is 1.77 bits per heavy atom. The summed E-state index contributed by atoms with van der Waals surface area (Å²) in [6.45, 7) is 1.41. The Hall–Kier alpha value is -2.74. The normalized spacial score (nSPS) is 13.5. The van der Waals surface area contributed by atoms with Crippen molar-refractivity contribution >= 4 is 5.97 Å². The predicted octanol–water partition coefficient (Wildman–Crippen LogP) is 4.63. The fraction of sp³-hybridized carbons (Fsp3) is 0.435. The smallest absolute Gasteiger partial charge is 0.490 e. The number of ether oxygens (including phenoxy) is 3. The zero-order chi connectivity index (χ0) is 23.0. The summed E-state index contributed by atoms with van der Waals surface area (Å²) in [4.78, 5) is 12.8. The summed E-state index contributed by atoms with van der Waals surface area (Å²) in [6, 6.07) is 15.3. The molecular weight excluding hydrogens is 411 g/mol. The van der Waals surface area contributed by atoms with E-state index in [-0.39, 0.29) is 6.42 Å². The van der Waals surface area contributed by atoms with E-state index in [1.165, 1.54) is 6.92 Å². The van der Waals surface area contributed by atoms with Crippen LogP contribution in [0.2, 0.25) is 0 Å². The van der Waals surface area contributed by atoms with E-state index < -0.39 is 24.5 Å². The van der Waals surface area contributed by atoms with E-state index in [1.54, 1.807) is 26.1 Å². The van der Waals surface area contributed by atoms with E-state index in [2.05, 4.69) is 4.74 Å². The summed E-state index contributed by atoms with van der Waals surface area (Å²) in [5, 5.41) is 0. The highest BCUT2D eigenvalue weighted by Gasteiger charge is 2.42. The van der Waals surface area contributed by atoms with Crippen LogP contribution >= 0.6 is 0 Å². The number of halogens is 3. The van der Waals surface area contributed by atoms with Crippen molar-refractivity contribution in [1.29, 1.82) is 0 Å². The van der Waals surface area contributed by atoms with Crippen molar-refractivity contribution in [2.75, 3.05) is 21.2 Å². The average Bonchev–Trinajstić information content (AvgIpc) is 2.71. The van der Waals surface area contributed by atoms with Crippen LogP contribution in [0.4, 0.5) is 13.2 Å². The van der Waals surface area contributed by atoms with Crippen LogP contribution < -0.4 is 9.47 Å². The molecule has 0 N–H and O–H groups in total. The minimum absolute atomic E-state index is 0.0824. The van der Waals surface area contributed by atoms with Crippen molar-refractivity contribution in [3.05, 3.63) is 59.7 Å². The fourth-order valence-electron chi connectivity index (χ4n) is 3.02. The highest BCUT2D eigenvalue weighted by atomic mass is 19.4. The maximum Gasteiger partial charge on any atom is 0.490 e. The number of methoxy groups -OCH3 is 1. The van der Waals surface area contributed by atoms with Gasteiger partial charge in [0.05, 0.1) is 7.11 Å². The Bertz CT molecular complexity index is 855. The molecule has 0 spiro atoms.